The summed E-state index contributed by atoms with van der Waals surface area (Å²) in [6.45, 7) is 0.909. The zero-order valence-electron chi connectivity index (χ0n) is 20.0. The highest BCUT2D eigenvalue weighted by atomic mass is 32.2. The molecule has 1 aromatic heterocycles. The van der Waals surface area contributed by atoms with Gasteiger partial charge in [0.15, 0.2) is 5.76 Å². The fourth-order valence-corrected chi connectivity index (χ4v) is 7.18. The van der Waals surface area contributed by atoms with Gasteiger partial charge >= 0.3 is 0 Å². The number of aliphatic hydroxyl groups is 1. The fourth-order valence-electron chi connectivity index (χ4n) is 6.69. The Morgan fingerprint density at radius 2 is 1.85 bits per heavy atom. The van der Waals surface area contributed by atoms with Crippen molar-refractivity contribution in [1.82, 2.24) is 0 Å². The van der Waals surface area contributed by atoms with Gasteiger partial charge in [0.1, 0.15) is 5.76 Å². The number of amides is 1. The molecular formula is C28H36N2O3S. The number of nitrogens with one attached hydrogen (secondary N) is 1. The van der Waals surface area contributed by atoms with Gasteiger partial charge in [-0.1, -0.05) is 37.6 Å². The largest absolute Gasteiger partial charge is 0.456 e. The van der Waals surface area contributed by atoms with Gasteiger partial charge in [0, 0.05) is 35.5 Å². The van der Waals surface area contributed by atoms with Crippen LogP contribution < -0.4 is 9.62 Å². The molecule has 1 amide bonds. The summed E-state index contributed by atoms with van der Waals surface area (Å²) in [5.41, 5.74) is 4.05. The van der Waals surface area contributed by atoms with Gasteiger partial charge in [-0.3, -0.25) is 4.79 Å². The molecule has 6 heteroatoms. The number of carbonyl (C=O) groups excluding carboxylic acids is 1. The number of hydrogen-bond donors (Lipinski definition) is 2. The van der Waals surface area contributed by atoms with Crippen molar-refractivity contribution in [3.05, 3.63) is 47.4 Å². The van der Waals surface area contributed by atoms with Crippen LogP contribution in [-0.4, -0.2) is 29.9 Å². The van der Waals surface area contributed by atoms with Crippen molar-refractivity contribution in [1.29, 1.82) is 0 Å². The summed E-state index contributed by atoms with van der Waals surface area (Å²) in [4.78, 5) is 15.7. The molecule has 0 atom stereocenters. The molecule has 3 fully saturated rings. The number of nitrogens with zero attached hydrogens (tertiary/aromatic N) is 1. The first-order valence-electron chi connectivity index (χ1n) is 13.1. The Balaban J connectivity index is 1.25. The molecule has 3 saturated carbocycles. The third kappa shape index (κ3) is 4.17. The van der Waals surface area contributed by atoms with E-state index >= 15 is 0 Å². The van der Waals surface area contributed by atoms with Gasteiger partial charge in [-0.25, -0.2) is 0 Å². The number of benzene rings is 1. The van der Waals surface area contributed by atoms with Crippen LogP contribution in [0.4, 0.5) is 11.4 Å². The first-order chi connectivity index (χ1) is 16.6. The Labute approximate surface area is 206 Å². The summed E-state index contributed by atoms with van der Waals surface area (Å²) in [5, 5.41) is 9.12. The van der Waals surface area contributed by atoms with E-state index in [1.807, 2.05) is 17.0 Å². The predicted molar refractivity (Wildman–Crippen MR) is 137 cm³/mol. The maximum atomic E-state index is 13.7. The number of rotatable bonds is 7. The average molecular weight is 481 g/mol. The molecule has 34 heavy (non-hydrogen) atoms. The number of hydrogen-bond acceptors (Lipinski definition) is 5. The molecule has 2 aromatic rings. The number of fused-ring (bicyclic) bond motifs is 2. The van der Waals surface area contributed by atoms with E-state index in [1.54, 1.807) is 0 Å². The molecule has 3 aliphatic carbocycles. The van der Waals surface area contributed by atoms with E-state index in [2.05, 4.69) is 22.9 Å². The van der Waals surface area contributed by atoms with Crippen molar-refractivity contribution < 1.29 is 14.3 Å². The summed E-state index contributed by atoms with van der Waals surface area (Å²) in [6.07, 6.45) is 13.8. The number of carbonyl (C=O) groups is 1. The SMILES string of the molecule is O=C(c1ccc(CC2CCCC2)o1)N1CC2(CCC3(CC3)CC2)c2cc(NSCCO)ccc21. The van der Waals surface area contributed by atoms with Gasteiger partial charge < -0.3 is 19.1 Å². The van der Waals surface area contributed by atoms with Crippen molar-refractivity contribution >= 4 is 29.2 Å². The summed E-state index contributed by atoms with van der Waals surface area (Å²) in [6, 6.07) is 10.3. The van der Waals surface area contributed by atoms with E-state index in [-0.39, 0.29) is 17.9 Å². The third-order valence-corrected chi connectivity index (χ3v) is 9.78. The molecule has 0 unspecified atom stereocenters. The minimum absolute atomic E-state index is 0.00197. The van der Waals surface area contributed by atoms with E-state index in [9.17, 15) is 4.79 Å². The van der Waals surface area contributed by atoms with Crippen molar-refractivity contribution in [2.45, 2.75) is 76.0 Å². The van der Waals surface area contributed by atoms with Crippen molar-refractivity contribution in [3.63, 3.8) is 0 Å². The molecule has 6 rings (SSSR count). The van der Waals surface area contributed by atoms with Crippen LogP contribution in [0.5, 0.6) is 0 Å². The Morgan fingerprint density at radius 1 is 1.09 bits per heavy atom. The van der Waals surface area contributed by atoms with Gasteiger partial charge in [0.05, 0.1) is 6.61 Å². The van der Waals surface area contributed by atoms with Crippen molar-refractivity contribution in [2.75, 3.05) is 28.5 Å². The van der Waals surface area contributed by atoms with Crippen molar-refractivity contribution in [2.24, 2.45) is 11.3 Å². The Kier molecular flexibility index (Phi) is 5.93. The lowest BCUT2D eigenvalue weighted by molar-refractivity contribution is 0.0951. The number of furan rings is 1. The maximum absolute atomic E-state index is 13.7. The van der Waals surface area contributed by atoms with Crippen LogP contribution in [0, 0.1) is 11.3 Å². The predicted octanol–water partition coefficient (Wildman–Crippen LogP) is 6.32. The second kappa shape index (κ2) is 8.94. The van der Waals surface area contributed by atoms with Gasteiger partial charge in [0.25, 0.3) is 5.91 Å². The number of anilines is 2. The van der Waals surface area contributed by atoms with Gasteiger partial charge in [0.2, 0.25) is 0 Å². The lowest BCUT2D eigenvalue weighted by Crippen LogP contribution is -2.39. The second-order valence-electron chi connectivity index (χ2n) is 11.2. The van der Waals surface area contributed by atoms with E-state index in [4.69, 9.17) is 9.52 Å². The van der Waals surface area contributed by atoms with Crippen LogP contribution >= 0.6 is 11.9 Å². The van der Waals surface area contributed by atoms with Crippen LogP contribution in [0.2, 0.25) is 0 Å². The molecule has 0 saturated heterocycles. The molecule has 2 N–H and O–H groups in total. The number of aliphatic hydroxyl groups excluding tert-OH is 1. The fraction of sp³-hybridized carbons (Fsp3) is 0.607. The maximum Gasteiger partial charge on any atom is 0.294 e. The van der Waals surface area contributed by atoms with E-state index < -0.39 is 0 Å². The highest BCUT2D eigenvalue weighted by Crippen LogP contribution is 2.62. The lowest BCUT2D eigenvalue weighted by Gasteiger charge is -2.38. The smallest absolute Gasteiger partial charge is 0.294 e. The average Bonchev–Trinajstić information content (AvgIpc) is 3.22. The molecule has 182 valence electrons. The van der Waals surface area contributed by atoms with Crippen LogP contribution in [0.25, 0.3) is 0 Å². The minimum atomic E-state index is -0.00197. The quantitative estimate of drug-likeness (QED) is 0.359. The molecule has 2 heterocycles. The highest BCUT2D eigenvalue weighted by molar-refractivity contribution is 8.00. The lowest BCUT2D eigenvalue weighted by atomic mass is 9.66. The molecule has 5 nitrogen and oxygen atoms in total. The van der Waals surface area contributed by atoms with E-state index in [0.29, 0.717) is 22.8 Å². The summed E-state index contributed by atoms with van der Waals surface area (Å²) in [7, 11) is 0. The summed E-state index contributed by atoms with van der Waals surface area (Å²) in [5.74, 6) is 2.79. The highest BCUT2D eigenvalue weighted by Gasteiger charge is 2.53. The monoisotopic (exact) mass is 480 g/mol. The minimum Gasteiger partial charge on any atom is -0.456 e. The summed E-state index contributed by atoms with van der Waals surface area (Å²) < 4.78 is 9.49. The first-order valence-corrected chi connectivity index (χ1v) is 14.1. The normalized spacial score (nSPS) is 22.4. The Bertz CT molecular complexity index is 1040. The van der Waals surface area contributed by atoms with Crippen LogP contribution in [-0.2, 0) is 11.8 Å². The first kappa shape index (κ1) is 22.5. The van der Waals surface area contributed by atoms with Crippen LogP contribution in [0.3, 0.4) is 0 Å². The standard InChI is InChI=1S/C28H36N2O3S/c31-15-16-34-29-21-5-7-24-23(18-21)28(13-11-27(9-10-27)12-14-28)19-30(24)26(32)25-8-6-22(33-25)17-20-3-1-2-4-20/h5-8,18,20,29,31H,1-4,9-17,19H2. The molecule has 1 aliphatic heterocycles. The van der Waals surface area contributed by atoms with Crippen molar-refractivity contribution in [3.8, 4) is 0 Å². The van der Waals surface area contributed by atoms with Gasteiger partial charge in [-0.05, 0) is 85.8 Å². The van der Waals surface area contributed by atoms with E-state index in [1.165, 1.54) is 68.9 Å². The topological polar surface area (TPSA) is 65.7 Å². The molecular weight excluding hydrogens is 444 g/mol. The molecule has 1 aromatic carbocycles. The Morgan fingerprint density at radius 3 is 2.59 bits per heavy atom. The van der Waals surface area contributed by atoms with E-state index in [0.717, 1.165) is 42.9 Å². The van der Waals surface area contributed by atoms with Crippen LogP contribution in [0.15, 0.2) is 34.7 Å². The zero-order valence-corrected chi connectivity index (χ0v) is 20.8. The molecule has 0 bridgehead atoms. The summed E-state index contributed by atoms with van der Waals surface area (Å²) >= 11 is 1.52. The Hall–Kier alpha value is -1.92. The van der Waals surface area contributed by atoms with Crippen LogP contribution in [0.1, 0.15) is 86.1 Å². The molecule has 4 aliphatic rings. The van der Waals surface area contributed by atoms with Gasteiger partial charge in [-0.2, -0.15) is 0 Å². The second-order valence-corrected chi connectivity index (χ2v) is 12.1. The molecule has 2 spiro atoms. The zero-order chi connectivity index (χ0) is 23.2. The molecule has 0 radical (unpaired) electrons. The third-order valence-electron chi connectivity index (χ3n) is 9.01. The van der Waals surface area contributed by atoms with Gasteiger partial charge in [-0.15, -0.1) is 0 Å².